The topological polar surface area (TPSA) is 86.0 Å². The highest BCUT2D eigenvalue weighted by molar-refractivity contribution is 5.86. The molecule has 134 valence electrons. The molecule has 26 heavy (non-hydrogen) atoms. The van der Waals surface area contributed by atoms with Gasteiger partial charge in [-0.3, -0.25) is 9.59 Å². The molecule has 1 aromatic heterocycles. The maximum absolute atomic E-state index is 11.2. The third kappa shape index (κ3) is 3.39. The van der Waals surface area contributed by atoms with Gasteiger partial charge in [-0.1, -0.05) is 6.07 Å². The van der Waals surface area contributed by atoms with E-state index in [0.717, 1.165) is 10.9 Å². The van der Waals surface area contributed by atoms with E-state index in [-0.39, 0.29) is 0 Å². The number of esters is 1. The lowest BCUT2D eigenvalue weighted by molar-refractivity contribution is -0.138. The summed E-state index contributed by atoms with van der Waals surface area (Å²) in [6.07, 6.45) is 0. The number of aliphatic carboxylic acids is 1. The SMILES string of the molecule is COc1cc(-c2cc3cc(C(C)C(=O)O)ccc3o2)ccc1OC(C)=O. The van der Waals surface area contributed by atoms with E-state index in [0.29, 0.717) is 28.4 Å². The van der Waals surface area contributed by atoms with E-state index >= 15 is 0 Å². The summed E-state index contributed by atoms with van der Waals surface area (Å²) in [4.78, 5) is 22.3. The van der Waals surface area contributed by atoms with Gasteiger partial charge in [-0.15, -0.1) is 0 Å². The van der Waals surface area contributed by atoms with E-state index in [4.69, 9.17) is 19.0 Å². The van der Waals surface area contributed by atoms with Crippen LogP contribution in [0.15, 0.2) is 46.9 Å². The van der Waals surface area contributed by atoms with Crippen LogP contribution in [-0.4, -0.2) is 24.2 Å². The highest BCUT2D eigenvalue weighted by Gasteiger charge is 2.16. The van der Waals surface area contributed by atoms with Gasteiger partial charge in [-0.2, -0.15) is 0 Å². The van der Waals surface area contributed by atoms with Crippen LogP contribution in [-0.2, 0) is 9.59 Å². The quantitative estimate of drug-likeness (QED) is 0.545. The van der Waals surface area contributed by atoms with Crippen molar-refractivity contribution >= 4 is 22.9 Å². The number of methoxy groups -OCH3 is 1. The van der Waals surface area contributed by atoms with Gasteiger partial charge in [0.1, 0.15) is 11.3 Å². The summed E-state index contributed by atoms with van der Waals surface area (Å²) in [6, 6.07) is 12.3. The first kappa shape index (κ1) is 17.5. The third-order valence-electron chi connectivity index (χ3n) is 4.11. The molecule has 0 saturated heterocycles. The summed E-state index contributed by atoms with van der Waals surface area (Å²) in [5.74, 6) is -0.553. The molecule has 2 aromatic carbocycles. The first-order valence-electron chi connectivity index (χ1n) is 8.02. The number of furan rings is 1. The van der Waals surface area contributed by atoms with Crippen molar-refractivity contribution in [2.45, 2.75) is 19.8 Å². The van der Waals surface area contributed by atoms with Crippen LogP contribution >= 0.6 is 0 Å². The van der Waals surface area contributed by atoms with Crippen molar-refractivity contribution in [2.75, 3.05) is 7.11 Å². The number of carbonyl (C=O) groups is 2. The Labute approximate surface area is 149 Å². The molecule has 0 fully saturated rings. The Morgan fingerprint density at radius 2 is 1.85 bits per heavy atom. The van der Waals surface area contributed by atoms with Gasteiger partial charge < -0.3 is 19.0 Å². The Balaban J connectivity index is 2.00. The van der Waals surface area contributed by atoms with Gasteiger partial charge in [0.15, 0.2) is 11.5 Å². The number of carboxylic acids is 1. The smallest absolute Gasteiger partial charge is 0.310 e. The van der Waals surface area contributed by atoms with Crippen LogP contribution in [0.5, 0.6) is 11.5 Å². The fourth-order valence-electron chi connectivity index (χ4n) is 2.68. The highest BCUT2D eigenvalue weighted by Crippen LogP contribution is 2.35. The fourth-order valence-corrected chi connectivity index (χ4v) is 2.68. The molecule has 3 aromatic rings. The highest BCUT2D eigenvalue weighted by atomic mass is 16.6. The van der Waals surface area contributed by atoms with Crippen LogP contribution in [0, 0.1) is 0 Å². The van der Waals surface area contributed by atoms with Crippen molar-refractivity contribution in [2.24, 2.45) is 0 Å². The number of carboxylic acid groups (broad SMARTS) is 1. The molecule has 0 aliphatic heterocycles. The monoisotopic (exact) mass is 354 g/mol. The predicted octanol–water partition coefficient (Wildman–Crippen LogP) is 4.22. The van der Waals surface area contributed by atoms with Gasteiger partial charge in [-0.25, -0.2) is 0 Å². The number of benzene rings is 2. The zero-order valence-corrected chi connectivity index (χ0v) is 14.6. The Kier molecular flexibility index (Phi) is 4.67. The lowest BCUT2D eigenvalue weighted by atomic mass is 10.00. The number of hydrogen-bond donors (Lipinski definition) is 1. The van der Waals surface area contributed by atoms with E-state index in [1.165, 1.54) is 14.0 Å². The van der Waals surface area contributed by atoms with Crippen molar-refractivity contribution in [1.82, 2.24) is 0 Å². The number of hydrogen-bond acceptors (Lipinski definition) is 5. The van der Waals surface area contributed by atoms with Crippen molar-refractivity contribution < 1.29 is 28.6 Å². The summed E-state index contributed by atoms with van der Waals surface area (Å²) < 4.78 is 16.2. The van der Waals surface area contributed by atoms with Crippen LogP contribution in [0.4, 0.5) is 0 Å². The molecule has 0 aliphatic rings. The molecule has 6 nitrogen and oxygen atoms in total. The van der Waals surface area contributed by atoms with E-state index in [2.05, 4.69) is 0 Å². The molecule has 0 aliphatic carbocycles. The van der Waals surface area contributed by atoms with Gasteiger partial charge in [0.2, 0.25) is 0 Å². The molecule has 1 atom stereocenters. The predicted molar refractivity (Wildman–Crippen MR) is 95.6 cm³/mol. The average Bonchev–Trinajstić information content (AvgIpc) is 3.03. The van der Waals surface area contributed by atoms with E-state index in [1.807, 2.05) is 12.1 Å². The number of ether oxygens (including phenoxy) is 2. The summed E-state index contributed by atoms with van der Waals surface area (Å²) in [5.41, 5.74) is 2.12. The second-order valence-corrected chi connectivity index (χ2v) is 5.93. The van der Waals surface area contributed by atoms with Gasteiger partial charge in [0.05, 0.1) is 13.0 Å². The number of rotatable bonds is 5. The van der Waals surface area contributed by atoms with Crippen LogP contribution in [0.25, 0.3) is 22.3 Å². The molecule has 1 heterocycles. The third-order valence-corrected chi connectivity index (χ3v) is 4.11. The molecule has 1 N–H and O–H groups in total. The Morgan fingerprint density at radius 3 is 2.50 bits per heavy atom. The molecule has 0 amide bonds. The summed E-state index contributed by atoms with van der Waals surface area (Å²) >= 11 is 0. The van der Waals surface area contributed by atoms with E-state index < -0.39 is 17.9 Å². The Morgan fingerprint density at radius 1 is 1.08 bits per heavy atom. The minimum absolute atomic E-state index is 0.331. The number of carbonyl (C=O) groups excluding carboxylic acids is 1. The molecular formula is C20H18O6. The second kappa shape index (κ2) is 6.92. The second-order valence-electron chi connectivity index (χ2n) is 5.93. The molecule has 0 bridgehead atoms. The molecule has 0 spiro atoms. The number of fused-ring (bicyclic) bond motifs is 1. The molecule has 0 saturated carbocycles. The minimum atomic E-state index is -0.876. The van der Waals surface area contributed by atoms with Crippen molar-refractivity contribution in [3.05, 3.63) is 48.0 Å². The van der Waals surface area contributed by atoms with Crippen molar-refractivity contribution in [3.63, 3.8) is 0 Å². The standard InChI is InChI=1S/C20H18O6/c1-11(20(22)23)13-4-6-16-15(8-13)10-18(26-16)14-5-7-17(25-12(2)21)19(9-14)24-3/h4-11H,1-3H3,(H,22,23). The zero-order chi connectivity index (χ0) is 18.8. The van der Waals surface area contributed by atoms with Gasteiger partial charge >= 0.3 is 11.9 Å². The van der Waals surface area contributed by atoms with Crippen LogP contribution in [0.3, 0.4) is 0 Å². The van der Waals surface area contributed by atoms with Crippen molar-refractivity contribution in [1.29, 1.82) is 0 Å². The maximum Gasteiger partial charge on any atom is 0.310 e. The molecular weight excluding hydrogens is 336 g/mol. The van der Waals surface area contributed by atoms with Crippen LogP contribution < -0.4 is 9.47 Å². The van der Waals surface area contributed by atoms with Gasteiger partial charge in [0, 0.05) is 17.9 Å². The normalized spacial score (nSPS) is 12.0. The zero-order valence-electron chi connectivity index (χ0n) is 14.6. The fraction of sp³-hybridized carbons (Fsp3) is 0.200. The summed E-state index contributed by atoms with van der Waals surface area (Å²) in [7, 11) is 1.49. The average molecular weight is 354 g/mol. The first-order valence-corrected chi connectivity index (χ1v) is 8.02. The van der Waals surface area contributed by atoms with Crippen LogP contribution in [0.2, 0.25) is 0 Å². The Hall–Kier alpha value is -3.28. The molecule has 6 heteroatoms. The molecule has 1 unspecified atom stereocenters. The lowest BCUT2D eigenvalue weighted by Gasteiger charge is -2.08. The first-order chi connectivity index (χ1) is 12.4. The maximum atomic E-state index is 11.2. The summed E-state index contributed by atoms with van der Waals surface area (Å²) in [5, 5.41) is 9.98. The van der Waals surface area contributed by atoms with Crippen molar-refractivity contribution in [3.8, 4) is 22.8 Å². The van der Waals surface area contributed by atoms with Gasteiger partial charge in [0.25, 0.3) is 0 Å². The van der Waals surface area contributed by atoms with Gasteiger partial charge in [-0.05, 0) is 48.9 Å². The van der Waals surface area contributed by atoms with Crippen LogP contribution in [0.1, 0.15) is 25.3 Å². The summed E-state index contributed by atoms with van der Waals surface area (Å²) in [6.45, 7) is 2.96. The molecule has 3 rings (SSSR count). The Bertz CT molecular complexity index is 985. The lowest BCUT2D eigenvalue weighted by Crippen LogP contribution is -2.06. The minimum Gasteiger partial charge on any atom is -0.493 e. The molecule has 0 radical (unpaired) electrons. The largest absolute Gasteiger partial charge is 0.493 e. The van der Waals surface area contributed by atoms with E-state index in [9.17, 15) is 9.59 Å². The van der Waals surface area contributed by atoms with E-state index in [1.54, 1.807) is 37.3 Å².